The van der Waals surface area contributed by atoms with Gasteiger partial charge < -0.3 is 24.2 Å². The summed E-state index contributed by atoms with van der Waals surface area (Å²) in [6.07, 6.45) is -0.646. The van der Waals surface area contributed by atoms with Gasteiger partial charge in [0.15, 0.2) is 6.10 Å². The zero-order chi connectivity index (χ0) is 21.1. The highest BCUT2D eigenvalue weighted by atomic mass is 16.5. The second-order valence-corrected chi connectivity index (χ2v) is 6.79. The lowest BCUT2D eigenvalue weighted by molar-refractivity contribution is -0.141. The molecule has 9 nitrogen and oxygen atoms in total. The zero-order valence-electron chi connectivity index (χ0n) is 16.8. The monoisotopic (exact) mass is 401 g/mol. The predicted molar refractivity (Wildman–Crippen MR) is 104 cm³/mol. The Hall–Kier alpha value is -3.36. The van der Waals surface area contributed by atoms with Crippen LogP contribution in [0, 0.1) is 13.8 Å². The van der Waals surface area contributed by atoms with E-state index in [1.165, 1.54) is 7.11 Å². The summed E-state index contributed by atoms with van der Waals surface area (Å²) >= 11 is 0. The zero-order valence-corrected chi connectivity index (χ0v) is 16.8. The second-order valence-electron chi connectivity index (χ2n) is 6.79. The highest BCUT2D eigenvalue weighted by Gasteiger charge is 2.33. The van der Waals surface area contributed by atoms with Crippen LogP contribution in [0.15, 0.2) is 22.7 Å². The molecule has 0 fully saturated rings. The van der Waals surface area contributed by atoms with Crippen LogP contribution >= 0.6 is 0 Å². The van der Waals surface area contributed by atoms with Crippen LogP contribution in [0.1, 0.15) is 36.8 Å². The van der Waals surface area contributed by atoms with Gasteiger partial charge in [-0.1, -0.05) is 5.16 Å². The fraction of sp³-hybridized carbons (Fsp3) is 0.400. The first-order valence-electron chi connectivity index (χ1n) is 9.20. The molecule has 2 aromatic rings. The van der Waals surface area contributed by atoms with Crippen molar-refractivity contribution < 1.29 is 28.4 Å². The van der Waals surface area contributed by atoms with E-state index in [2.05, 4.69) is 15.2 Å². The van der Waals surface area contributed by atoms with Crippen LogP contribution in [-0.2, 0) is 25.7 Å². The van der Waals surface area contributed by atoms with Crippen LogP contribution in [0.4, 0.5) is 11.4 Å². The minimum absolute atomic E-state index is 0.000977. The minimum Gasteiger partial charge on any atom is -0.479 e. The molecule has 1 aromatic carbocycles. The molecule has 0 bridgehead atoms. The lowest BCUT2D eigenvalue weighted by atomic mass is 10.1. The first-order chi connectivity index (χ1) is 13.8. The number of benzene rings is 1. The summed E-state index contributed by atoms with van der Waals surface area (Å²) in [4.78, 5) is 37.7. The molecule has 0 aliphatic carbocycles. The molecule has 1 aromatic heterocycles. The van der Waals surface area contributed by atoms with Gasteiger partial charge in [0.05, 0.1) is 31.5 Å². The molecule has 2 heterocycles. The SMILES string of the molecule is COC(=O)CCC(=O)Nc1ccc2c(c1)N(Cc1c(C)noc1C)C(=O)C(C)O2. The smallest absolute Gasteiger partial charge is 0.306 e. The fourth-order valence-electron chi connectivity index (χ4n) is 3.07. The molecule has 0 saturated carbocycles. The van der Waals surface area contributed by atoms with Crippen molar-refractivity contribution in [1.29, 1.82) is 0 Å². The van der Waals surface area contributed by atoms with Crippen LogP contribution in [0.5, 0.6) is 5.75 Å². The number of methoxy groups -OCH3 is 1. The van der Waals surface area contributed by atoms with E-state index in [9.17, 15) is 14.4 Å². The maximum atomic E-state index is 12.8. The number of amides is 2. The molecule has 0 saturated heterocycles. The number of hydrogen-bond donors (Lipinski definition) is 1. The minimum atomic E-state index is -0.636. The van der Waals surface area contributed by atoms with E-state index in [0.717, 1.165) is 5.56 Å². The topological polar surface area (TPSA) is 111 Å². The molecule has 29 heavy (non-hydrogen) atoms. The van der Waals surface area contributed by atoms with Crippen molar-refractivity contribution in [2.24, 2.45) is 0 Å². The van der Waals surface area contributed by atoms with Gasteiger partial charge in [0.25, 0.3) is 5.91 Å². The highest BCUT2D eigenvalue weighted by molar-refractivity contribution is 6.01. The summed E-state index contributed by atoms with van der Waals surface area (Å²) in [5.41, 5.74) is 2.57. The lowest BCUT2D eigenvalue weighted by Gasteiger charge is -2.33. The number of nitrogens with one attached hydrogen (secondary N) is 1. The maximum Gasteiger partial charge on any atom is 0.306 e. The van der Waals surface area contributed by atoms with Crippen LogP contribution < -0.4 is 15.0 Å². The molecule has 0 spiro atoms. The van der Waals surface area contributed by atoms with E-state index in [0.29, 0.717) is 28.6 Å². The Balaban J connectivity index is 1.84. The van der Waals surface area contributed by atoms with Crippen molar-refractivity contribution in [2.75, 3.05) is 17.3 Å². The number of fused-ring (bicyclic) bond motifs is 1. The largest absolute Gasteiger partial charge is 0.479 e. The Morgan fingerprint density at radius 2 is 2.03 bits per heavy atom. The van der Waals surface area contributed by atoms with E-state index in [1.807, 2.05) is 6.92 Å². The van der Waals surface area contributed by atoms with Crippen molar-refractivity contribution in [2.45, 2.75) is 46.3 Å². The molecule has 1 N–H and O–H groups in total. The number of hydrogen-bond acceptors (Lipinski definition) is 7. The number of ether oxygens (including phenoxy) is 2. The molecule has 1 aliphatic rings. The summed E-state index contributed by atoms with van der Waals surface area (Å²) in [5.74, 6) is 0.194. The number of anilines is 2. The normalized spacial score (nSPS) is 15.5. The molecule has 0 radical (unpaired) electrons. The molecular weight excluding hydrogens is 378 g/mol. The van der Waals surface area contributed by atoms with Crippen molar-refractivity contribution in [3.8, 4) is 5.75 Å². The summed E-state index contributed by atoms with van der Waals surface area (Å²) in [5, 5.41) is 6.67. The quantitative estimate of drug-likeness (QED) is 0.740. The molecule has 1 atom stereocenters. The number of rotatable bonds is 6. The lowest BCUT2D eigenvalue weighted by Crippen LogP contribution is -2.44. The number of aryl methyl sites for hydroxylation is 2. The second kappa shape index (κ2) is 8.34. The predicted octanol–water partition coefficient (Wildman–Crippen LogP) is 2.50. The van der Waals surface area contributed by atoms with Gasteiger partial charge in [0.1, 0.15) is 11.5 Å². The van der Waals surface area contributed by atoms with Gasteiger partial charge in [-0.2, -0.15) is 0 Å². The van der Waals surface area contributed by atoms with E-state index in [4.69, 9.17) is 9.26 Å². The summed E-state index contributed by atoms with van der Waals surface area (Å²) in [6.45, 7) is 5.58. The van der Waals surface area contributed by atoms with Crippen LogP contribution in [0.25, 0.3) is 0 Å². The third kappa shape index (κ3) is 4.39. The molecule has 3 rings (SSSR count). The Morgan fingerprint density at radius 3 is 2.69 bits per heavy atom. The van der Waals surface area contributed by atoms with Crippen LogP contribution in [0.2, 0.25) is 0 Å². The van der Waals surface area contributed by atoms with Gasteiger partial charge in [0, 0.05) is 17.7 Å². The first-order valence-corrected chi connectivity index (χ1v) is 9.20. The van der Waals surface area contributed by atoms with Gasteiger partial charge in [-0.3, -0.25) is 14.4 Å². The molecule has 2 amide bonds. The van der Waals surface area contributed by atoms with Crippen LogP contribution in [0.3, 0.4) is 0 Å². The molecule has 1 unspecified atom stereocenters. The fourth-order valence-corrected chi connectivity index (χ4v) is 3.07. The van der Waals surface area contributed by atoms with Gasteiger partial charge in [-0.25, -0.2) is 0 Å². The third-order valence-electron chi connectivity index (χ3n) is 4.73. The van der Waals surface area contributed by atoms with Crippen molar-refractivity contribution in [3.63, 3.8) is 0 Å². The standard InChI is InChI=1S/C20H23N3O6/c1-11-15(12(2)29-22-11)10-23-16-9-14(21-18(24)7-8-19(25)27-4)5-6-17(16)28-13(3)20(23)26/h5-6,9,13H,7-8,10H2,1-4H3,(H,21,24). The third-order valence-corrected chi connectivity index (χ3v) is 4.73. The number of esters is 1. The van der Waals surface area contributed by atoms with Gasteiger partial charge in [0.2, 0.25) is 5.91 Å². The first kappa shape index (κ1) is 20.4. The molecular formula is C20H23N3O6. The average Bonchev–Trinajstić information content (AvgIpc) is 3.01. The van der Waals surface area contributed by atoms with E-state index in [1.54, 1.807) is 36.9 Å². The van der Waals surface area contributed by atoms with E-state index < -0.39 is 12.1 Å². The highest BCUT2D eigenvalue weighted by Crippen LogP contribution is 2.37. The Morgan fingerprint density at radius 1 is 1.28 bits per heavy atom. The number of carbonyl (C=O) groups excluding carboxylic acids is 3. The van der Waals surface area contributed by atoms with Crippen molar-refractivity contribution in [1.82, 2.24) is 5.16 Å². The van der Waals surface area contributed by atoms with E-state index in [-0.39, 0.29) is 31.2 Å². The van der Waals surface area contributed by atoms with Gasteiger partial charge in [-0.05, 0) is 39.0 Å². The van der Waals surface area contributed by atoms with Gasteiger partial charge in [-0.15, -0.1) is 0 Å². The molecule has 9 heteroatoms. The molecule has 154 valence electrons. The number of aromatic nitrogens is 1. The maximum absolute atomic E-state index is 12.8. The van der Waals surface area contributed by atoms with Crippen LogP contribution in [-0.4, -0.2) is 36.2 Å². The Bertz CT molecular complexity index is 932. The Kier molecular flexibility index (Phi) is 5.86. The molecule has 1 aliphatic heterocycles. The van der Waals surface area contributed by atoms with Gasteiger partial charge >= 0.3 is 5.97 Å². The average molecular weight is 401 g/mol. The van der Waals surface area contributed by atoms with Crippen molar-refractivity contribution >= 4 is 29.2 Å². The summed E-state index contributed by atoms with van der Waals surface area (Å²) in [6, 6.07) is 5.06. The van der Waals surface area contributed by atoms with E-state index >= 15 is 0 Å². The summed E-state index contributed by atoms with van der Waals surface area (Å²) in [7, 11) is 1.27. The Labute approximate surface area is 167 Å². The summed E-state index contributed by atoms with van der Waals surface area (Å²) < 4.78 is 15.4. The van der Waals surface area contributed by atoms with Crippen molar-refractivity contribution in [3.05, 3.63) is 35.2 Å². The number of carbonyl (C=O) groups is 3. The number of nitrogens with zero attached hydrogens (tertiary/aromatic N) is 2.